The first-order valence-corrected chi connectivity index (χ1v) is 10.3. The molecule has 0 saturated carbocycles. The molecule has 1 aliphatic heterocycles. The minimum absolute atomic E-state index is 0.0893. The van der Waals surface area contributed by atoms with Crippen LogP contribution in [-0.4, -0.2) is 28.0 Å². The Hall–Kier alpha value is -4.20. The standard InChI is InChI=1S/C24H20N4O4/c29-22(14-32-18-9-7-15-4-1-2-5-16(15)12-18)26-27-23(30)17-8-10-19-20(13-17)25-21-6-3-11-28(21)24(19)31/h1-2,4-5,7-10,12-13H,3,6,11,14H2,(H,26,29)(H,27,30). The van der Waals surface area contributed by atoms with E-state index >= 15 is 0 Å². The van der Waals surface area contributed by atoms with Crippen LogP contribution < -0.4 is 21.1 Å². The van der Waals surface area contributed by atoms with E-state index in [1.54, 1.807) is 28.8 Å². The molecule has 0 saturated heterocycles. The van der Waals surface area contributed by atoms with E-state index < -0.39 is 11.8 Å². The molecule has 0 radical (unpaired) electrons. The van der Waals surface area contributed by atoms with Gasteiger partial charge in [-0.2, -0.15) is 0 Å². The average molecular weight is 428 g/mol. The number of fused-ring (bicyclic) bond motifs is 3. The van der Waals surface area contributed by atoms with Crippen molar-refractivity contribution < 1.29 is 14.3 Å². The number of amides is 2. The van der Waals surface area contributed by atoms with E-state index in [0.29, 0.717) is 28.8 Å². The predicted molar refractivity (Wildman–Crippen MR) is 119 cm³/mol. The Kier molecular flexibility index (Phi) is 5.03. The van der Waals surface area contributed by atoms with E-state index in [4.69, 9.17) is 4.74 Å². The van der Waals surface area contributed by atoms with Crippen molar-refractivity contribution in [3.63, 3.8) is 0 Å². The summed E-state index contributed by atoms with van der Waals surface area (Å²) in [5, 5.41) is 2.56. The Bertz CT molecular complexity index is 1430. The lowest BCUT2D eigenvalue weighted by atomic mass is 10.1. The molecule has 3 aromatic carbocycles. The second kappa shape index (κ2) is 8.14. The monoisotopic (exact) mass is 428 g/mol. The lowest BCUT2D eigenvalue weighted by Gasteiger charge is -2.10. The number of ether oxygens (including phenoxy) is 1. The van der Waals surface area contributed by atoms with Crippen LogP contribution in [0.2, 0.25) is 0 Å². The summed E-state index contributed by atoms with van der Waals surface area (Å²) in [4.78, 5) is 41.6. The first-order chi connectivity index (χ1) is 15.6. The van der Waals surface area contributed by atoms with Gasteiger partial charge in [0.2, 0.25) is 0 Å². The minimum atomic E-state index is -0.506. The van der Waals surface area contributed by atoms with Crippen LogP contribution >= 0.6 is 0 Å². The molecule has 0 atom stereocenters. The van der Waals surface area contributed by atoms with Crippen LogP contribution in [0.15, 0.2) is 65.5 Å². The molecule has 2 N–H and O–H groups in total. The lowest BCUT2D eigenvalue weighted by Crippen LogP contribution is -2.43. The third-order valence-electron chi connectivity index (χ3n) is 5.48. The van der Waals surface area contributed by atoms with Crippen LogP contribution in [0.3, 0.4) is 0 Å². The number of benzene rings is 3. The van der Waals surface area contributed by atoms with Crippen molar-refractivity contribution in [3.8, 4) is 5.75 Å². The summed E-state index contributed by atoms with van der Waals surface area (Å²) in [6.07, 6.45) is 1.63. The number of aromatic nitrogens is 2. The van der Waals surface area contributed by atoms with Gasteiger partial charge in [-0.3, -0.25) is 29.8 Å². The van der Waals surface area contributed by atoms with Crippen molar-refractivity contribution >= 4 is 33.5 Å². The summed E-state index contributed by atoms with van der Waals surface area (Å²) < 4.78 is 7.20. The Balaban J connectivity index is 1.21. The molecule has 2 heterocycles. The Morgan fingerprint density at radius 1 is 1.00 bits per heavy atom. The maximum absolute atomic E-state index is 12.5. The summed E-state index contributed by atoms with van der Waals surface area (Å²) in [6.45, 7) is 0.424. The SMILES string of the molecule is O=C(COc1ccc2ccccc2c1)NNC(=O)c1ccc2c(=O)n3c(nc2c1)CCC3. The van der Waals surface area contributed by atoms with E-state index in [9.17, 15) is 14.4 Å². The fourth-order valence-electron chi connectivity index (χ4n) is 3.87. The highest BCUT2D eigenvalue weighted by atomic mass is 16.5. The third-order valence-corrected chi connectivity index (χ3v) is 5.48. The fourth-order valence-corrected chi connectivity index (χ4v) is 3.87. The van der Waals surface area contributed by atoms with Crippen molar-refractivity contribution in [1.82, 2.24) is 20.4 Å². The first kappa shape index (κ1) is 19.7. The predicted octanol–water partition coefficient (Wildman–Crippen LogP) is 2.34. The van der Waals surface area contributed by atoms with Crippen LogP contribution in [0.5, 0.6) is 5.75 Å². The van der Waals surface area contributed by atoms with Gasteiger partial charge in [0.1, 0.15) is 11.6 Å². The number of hydrogen-bond acceptors (Lipinski definition) is 5. The Morgan fingerprint density at radius 2 is 1.84 bits per heavy atom. The van der Waals surface area contributed by atoms with Crippen molar-refractivity contribution in [2.45, 2.75) is 19.4 Å². The number of aryl methyl sites for hydroxylation is 1. The lowest BCUT2D eigenvalue weighted by molar-refractivity contribution is -0.123. The number of carbonyl (C=O) groups excluding carboxylic acids is 2. The van der Waals surface area contributed by atoms with Gasteiger partial charge in [0, 0.05) is 18.5 Å². The molecule has 1 aliphatic rings. The number of rotatable bonds is 4. The highest BCUT2D eigenvalue weighted by Crippen LogP contribution is 2.20. The number of hydrazine groups is 1. The molecule has 8 heteroatoms. The summed E-state index contributed by atoms with van der Waals surface area (Å²) in [5.74, 6) is 0.290. The number of carbonyl (C=O) groups is 2. The van der Waals surface area contributed by atoms with E-state index in [-0.39, 0.29) is 12.2 Å². The maximum Gasteiger partial charge on any atom is 0.276 e. The molecule has 2 amide bonds. The van der Waals surface area contributed by atoms with Crippen LogP contribution in [0, 0.1) is 0 Å². The Morgan fingerprint density at radius 3 is 2.72 bits per heavy atom. The topological polar surface area (TPSA) is 102 Å². The van der Waals surface area contributed by atoms with Gasteiger partial charge in [-0.15, -0.1) is 0 Å². The molecule has 0 spiro atoms. The van der Waals surface area contributed by atoms with Crippen molar-refractivity contribution in [2.75, 3.05) is 6.61 Å². The van der Waals surface area contributed by atoms with Crippen LogP contribution in [0.25, 0.3) is 21.7 Å². The van der Waals surface area contributed by atoms with E-state index in [1.165, 1.54) is 0 Å². The van der Waals surface area contributed by atoms with Gasteiger partial charge in [0.15, 0.2) is 6.61 Å². The van der Waals surface area contributed by atoms with Crippen molar-refractivity contribution in [2.24, 2.45) is 0 Å². The van der Waals surface area contributed by atoms with E-state index in [2.05, 4.69) is 15.8 Å². The summed E-state index contributed by atoms with van der Waals surface area (Å²) >= 11 is 0. The van der Waals surface area contributed by atoms with E-state index in [1.807, 2.05) is 36.4 Å². The van der Waals surface area contributed by atoms with Gasteiger partial charge in [0.25, 0.3) is 17.4 Å². The maximum atomic E-state index is 12.5. The molecule has 0 bridgehead atoms. The smallest absolute Gasteiger partial charge is 0.276 e. The molecule has 0 aliphatic carbocycles. The van der Waals surface area contributed by atoms with Gasteiger partial charge in [-0.25, -0.2) is 4.98 Å². The van der Waals surface area contributed by atoms with Crippen molar-refractivity contribution in [1.29, 1.82) is 0 Å². The van der Waals surface area contributed by atoms with Gasteiger partial charge in [-0.1, -0.05) is 30.3 Å². The molecular formula is C24H20N4O4. The minimum Gasteiger partial charge on any atom is -0.484 e. The normalized spacial score (nSPS) is 12.5. The van der Waals surface area contributed by atoms with Crippen LogP contribution in [0.1, 0.15) is 22.6 Å². The second-order valence-corrected chi connectivity index (χ2v) is 7.62. The number of hydrogen-bond donors (Lipinski definition) is 2. The second-order valence-electron chi connectivity index (χ2n) is 7.62. The molecule has 8 nitrogen and oxygen atoms in total. The summed E-state index contributed by atoms with van der Waals surface area (Å²) in [6, 6.07) is 18.1. The largest absolute Gasteiger partial charge is 0.484 e. The molecular weight excluding hydrogens is 408 g/mol. The van der Waals surface area contributed by atoms with Crippen LogP contribution in [0.4, 0.5) is 0 Å². The zero-order valence-electron chi connectivity index (χ0n) is 17.1. The summed E-state index contributed by atoms with van der Waals surface area (Å²) in [5.41, 5.74) is 5.39. The Labute approximate surface area is 182 Å². The molecule has 160 valence electrons. The van der Waals surface area contributed by atoms with Gasteiger partial charge < -0.3 is 4.74 Å². The quantitative estimate of drug-likeness (QED) is 0.486. The first-order valence-electron chi connectivity index (χ1n) is 10.3. The molecule has 5 rings (SSSR count). The van der Waals surface area contributed by atoms with Crippen molar-refractivity contribution in [3.05, 3.63) is 82.4 Å². The number of nitrogens with zero attached hydrogens (tertiary/aromatic N) is 2. The van der Waals surface area contributed by atoms with E-state index in [0.717, 1.165) is 29.4 Å². The fraction of sp³-hybridized carbons (Fsp3) is 0.167. The van der Waals surface area contributed by atoms with Gasteiger partial charge >= 0.3 is 0 Å². The third kappa shape index (κ3) is 3.78. The highest BCUT2D eigenvalue weighted by Gasteiger charge is 2.17. The highest BCUT2D eigenvalue weighted by molar-refractivity contribution is 5.98. The zero-order valence-corrected chi connectivity index (χ0v) is 17.1. The van der Waals surface area contributed by atoms with Gasteiger partial charge in [-0.05, 0) is 47.5 Å². The molecule has 4 aromatic rings. The molecule has 0 unspecified atom stereocenters. The molecule has 1 aromatic heterocycles. The molecule has 32 heavy (non-hydrogen) atoms. The number of nitrogens with one attached hydrogen (secondary N) is 2. The zero-order chi connectivity index (χ0) is 22.1. The van der Waals surface area contributed by atoms with Crippen LogP contribution in [-0.2, 0) is 17.8 Å². The summed E-state index contributed by atoms with van der Waals surface area (Å²) in [7, 11) is 0. The average Bonchev–Trinajstić information content (AvgIpc) is 3.29. The molecule has 0 fully saturated rings. The van der Waals surface area contributed by atoms with Gasteiger partial charge in [0.05, 0.1) is 10.9 Å².